The van der Waals surface area contributed by atoms with Crippen molar-refractivity contribution in [1.29, 1.82) is 0 Å². The number of anilines is 3. The molecule has 2 rings (SSSR count). The van der Waals surface area contributed by atoms with E-state index >= 15 is 0 Å². The number of nitrogens with two attached hydrogens (primary N) is 1. The first-order chi connectivity index (χ1) is 8.17. The molecule has 1 aromatic heterocycles. The van der Waals surface area contributed by atoms with Crippen LogP contribution in [0.2, 0.25) is 0 Å². The maximum Gasteiger partial charge on any atom is 0.252 e. The largest absolute Gasteiger partial charge is 0.399 e. The highest BCUT2D eigenvalue weighted by Crippen LogP contribution is 2.15. The second-order valence-electron chi connectivity index (χ2n) is 3.68. The van der Waals surface area contributed by atoms with Gasteiger partial charge in [0.1, 0.15) is 11.6 Å². The quantitative estimate of drug-likeness (QED) is 0.700. The van der Waals surface area contributed by atoms with Gasteiger partial charge >= 0.3 is 0 Å². The van der Waals surface area contributed by atoms with Gasteiger partial charge in [-0.15, -0.1) is 0 Å². The second-order valence-corrected chi connectivity index (χ2v) is 3.68. The van der Waals surface area contributed by atoms with Gasteiger partial charge in [0, 0.05) is 23.9 Å². The summed E-state index contributed by atoms with van der Waals surface area (Å²) in [5, 5.41) is 3.05. The van der Waals surface area contributed by atoms with Crippen molar-refractivity contribution in [1.82, 2.24) is 9.97 Å². The van der Waals surface area contributed by atoms with Gasteiger partial charge in [0.15, 0.2) is 0 Å². The molecular weight excluding hydrogens is 216 g/mol. The maximum absolute atomic E-state index is 11.4. The smallest absolute Gasteiger partial charge is 0.252 e. The summed E-state index contributed by atoms with van der Waals surface area (Å²) >= 11 is 0. The molecule has 2 aromatic rings. The number of aryl methyl sites for hydroxylation is 1. The molecule has 17 heavy (non-hydrogen) atoms. The second kappa shape index (κ2) is 4.69. The molecule has 0 fully saturated rings. The first-order valence-electron chi connectivity index (χ1n) is 5.40. The fourth-order valence-electron chi connectivity index (χ4n) is 1.50. The summed E-state index contributed by atoms with van der Waals surface area (Å²) in [7, 11) is 0. The van der Waals surface area contributed by atoms with Crippen molar-refractivity contribution in [2.75, 3.05) is 11.1 Å². The molecule has 0 unspecified atom stereocenters. The van der Waals surface area contributed by atoms with Crippen LogP contribution < -0.4 is 16.6 Å². The van der Waals surface area contributed by atoms with Crippen molar-refractivity contribution in [3.63, 3.8) is 0 Å². The third kappa shape index (κ3) is 2.84. The topological polar surface area (TPSA) is 83.8 Å². The summed E-state index contributed by atoms with van der Waals surface area (Å²) < 4.78 is 0. The first-order valence-corrected chi connectivity index (χ1v) is 5.40. The molecule has 1 aromatic carbocycles. The lowest BCUT2D eigenvalue weighted by Crippen LogP contribution is -2.11. The molecule has 0 bridgehead atoms. The van der Waals surface area contributed by atoms with Crippen molar-refractivity contribution >= 4 is 17.2 Å². The van der Waals surface area contributed by atoms with Gasteiger partial charge < -0.3 is 16.0 Å². The van der Waals surface area contributed by atoms with Crippen molar-refractivity contribution in [2.24, 2.45) is 0 Å². The Morgan fingerprint density at radius 3 is 2.94 bits per heavy atom. The van der Waals surface area contributed by atoms with Crippen LogP contribution in [0.4, 0.5) is 17.2 Å². The summed E-state index contributed by atoms with van der Waals surface area (Å²) in [6.07, 6.45) is 0.682. The third-order valence-electron chi connectivity index (χ3n) is 2.28. The summed E-state index contributed by atoms with van der Waals surface area (Å²) in [6, 6.07) is 8.71. The monoisotopic (exact) mass is 230 g/mol. The maximum atomic E-state index is 11.4. The Morgan fingerprint density at radius 2 is 2.24 bits per heavy atom. The molecule has 0 amide bonds. The summed E-state index contributed by atoms with van der Waals surface area (Å²) in [5.74, 6) is 1.18. The minimum atomic E-state index is -0.164. The molecule has 0 aliphatic rings. The standard InChI is InChI=1S/C12H14N4O/c1-2-10-15-11(7-12(17)16-10)14-9-5-3-4-8(13)6-9/h3-7H,2,13H2,1H3,(H2,14,15,16,17). The highest BCUT2D eigenvalue weighted by molar-refractivity contribution is 5.60. The molecule has 4 N–H and O–H groups in total. The number of H-pyrrole nitrogens is 1. The fraction of sp³-hybridized carbons (Fsp3) is 0.167. The van der Waals surface area contributed by atoms with Crippen LogP contribution in [0.3, 0.4) is 0 Å². The number of aromatic nitrogens is 2. The molecule has 0 saturated heterocycles. The average Bonchev–Trinajstić information content (AvgIpc) is 2.28. The molecule has 0 saturated carbocycles. The molecular formula is C12H14N4O. The molecule has 88 valence electrons. The van der Waals surface area contributed by atoms with Crippen LogP contribution in [-0.4, -0.2) is 9.97 Å². The van der Waals surface area contributed by atoms with Crippen molar-refractivity contribution < 1.29 is 0 Å². The molecule has 0 atom stereocenters. The minimum Gasteiger partial charge on any atom is -0.399 e. The lowest BCUT2D eigenvalue weighted by Gasteiger charge is -2.06. The molecule has 0 spiro atoms. The van der Waals surface area contributed by atoms with Crippen molar-refractivity contribution in [3.8, 4) is 0 Å². The predicted octanol–water partition coefficient (Wildman–Crippen LogP) is 1.66. The Bertz CT molecular complexity index is 577. The van der Waals surface area contributed by atoms with E-state index in [-0.39, 0.29) is 5.56 Å². The van der Waals surface area contributed by atoms with Gasteiger partial charge in [0.2, 0.25) is 0 Å². The number of nitrogen functional groups attached to an aromatic ring is 1. The van der Waals surface area contributed by atoms with Crippen LogP contribution in [0.5, 0.6) is 0 Å². The van der Waals surface area contributed by atoms with Gasteiger partial charge in [-0.2, -0.15) is 0 Å². The number of hydrogen-bond donors (Lipinski definition) is 3. The van der Waals surface area contributed by atoms with Crippen LogP contribution in [0, 0.1) is 0 Å². The van der Waals surface area contributed by atoms with Crippen LogP contribution in [0.1, 0.15) is 12.7 Å². The van der Waals surface area contributed by atoms with E-state index in [9.17, 15) is 4.79 Å². The van der Waals surface area contributed by atoms with Crippen molar-refractivity contribution in [2.45, 2.75) is 13.3 Å². The van der Waals surface area contributed by atoms with Crippen LogP contribution in [-0.2, 0) is 6.42 Å². The van der Waals surface area contributed by atoms with E-state index in [2.05, 4.69) is 15.3 Å². The number of hydrogen-bond acceptors (Lipinski definition) is 4. The van der Waals surface area contributed by atoms with Gasteiger partial charge in [-0.3, -0.25) is 4.79 Å². The lowest BCUT2D eigenvalue weighted by molar-refractivity contribution is 0.924. The van der Waals surface area contributed by atoms with E-state index in [0.29, 0.717) is 23.8 Å². The summed E-state index contributed by atoms with van der Waals surface area (Å²) in [6.45, 7) is 1.93. The number of nitrogens with zero attached hydrogens (tertiary/aromatic N) is 1. The Morgan fingerprint density at radius 1 is 1.41 bits per heavy atom. The Hall–Kier alpha value is -2.30. The summed E-state index contributed by atoms with van der Waals surface area (Å²) in [4.78, 5) is 18.3. The van der Waals surface area contributed by atoms with Crippen LogP contribution >= 0.6 is 0 Å². The highest BCUT2D eigenvalue weighted by atomic mass is 16.1. The zero-order valence-corrected chi connectivity index (χ0v) is 9.53. The lowest BCUT2D eigenvalue weighted by atomic mass is 10.3. The van der Waals surface area contributed by atoms with Gasteiger partial charge in [0.05, 0.1) is 0 Å². The minimum absolute atomic E-state index is 0.164. The third-order valence-corrected chi connectivity index (χ3v) is 2.28. The van der Waals surface area contributed by atoms with Gasteiger partial charge in [-0.1, -0.05) is 13.0 Å². The molecule has 1 heterocycles. The van der Waals surface area contributed by atoms with Gasteiger partial charge in [0.25, 0.3) is 5.56 Å². The number of aromatic amines is 1. The number of nitrogens with one attached hydrogen (secondary N) is 2. The van der Waals surface area contributed by atoms with E-state index in [4.69, 9.17) is 5.73 Å². The molecule has 0 aliphatic carbocycles. The highest BCUT2D eigenvalue weighted by Gasteiger charge is 2.00. The van der Waals surface area contributed by atoms with Crippen molar-refractivity contribution in [3.05, 3.63) is 46.5 Å². The average molecular weight is 230 g/mol. The number of rotatable bonds is 3. The normalized spacial score (nSPS) is 10.2. The van der Waals surface area contributed by atoms with E-state index in [1.807, 2.05) is 19.1 Å². The zero-order chi connectivity index (χ0) is 12.3. The van der Waals surface area contributed by atoms with E-state index < -0.39 is 0 Å². The summed E-state index contributed by atoms with van der Waals surface area (Å²) in [5.41, 5.74) is 6.98. The van der Waals surface area contributed by atoms with E-state index in [0.717, 1.165) is 5.69 Å². The van der Waals surface area contributed by atoms with Gasteiger partial charge in [-0.25, -0.2) is 4.98 Å². The SMILES string of the molecule is CCc1nc(Nc2cccc(N)c2)cc(=O)[nH]1. The molecule has 5 nitrogen and oxygen atoms in total. The first kappa shape index (κ1) is 11.2. The van der Waals surface area contributed by atoms with E-state index in [1.54, 1.807) is 12.1 Å². The Labute approximate surface area is 98.7 Å². The van der Waals surface area contributed by atoms with Crippen LogP contribution in [0.15, 0.2) is 35.1 Å². The molecule has 0 aliphatic heterocycles. The number of benzene rings is 1. The Kier molecular flexibility index (Phi) is 3.09. The fourth-order valence-corrected chi connectivity index (χ4v) is 1.50. The molecule has 5 heteroatoms. The van der Waals surface area contributed by atoms with Gasteiger partial charge in [-0.05, 0) is 18.2 Å². The predicted molar refractivity (Wildman–Crippen MR) is 68.4 cm³/mol. The molecule has 0 radical (unpaired) electrons. The zero-order valence-electron chi connectivity index (χ0n) is 9.53. The van der Waals surface area contributed by atoms with Crippen LogP contribution in [0.25, 0.3) is 0 Å². The Balaban J connectivity index is 2.29. The van der Waals surface area contributed by atoms with E-state index in [1.165, 1.54) is 6.07 Å².